The second-order valence-corrected chi connectivity index (χ2v) is 5.62. The van der Waals surface area contributed by atoms with Gasteiger partial charge < -0.3 is 15.3 Å². The number of nitrogens with one attached hydrogen (secondary N) is 1. The minimum Gasteiger partial charge on any atom is -0.394 e. The van der Waals surface area contributed by atoms with Crippen LogP contribution in [0.1, 0.15) is 5.69 Å². The van der Waals surface area contributed by atoms with E-state index in [0.717, 1.165) is 16.3 Å². The van der Waals surface area contributed by atoms with Crippen molar-refractivity contribution in [2.75, 3.05) is 19.8 Å². The number of hydrogen-bond acceptors (Lipinski definition) is 6. The standard InChI is InChI=1S/C14H17FN2O3S/c15-11-3-1-10(2-4-11)13-17-12(6-21-13)5-16-14(7-18,8-19)9-20/h1-4,6,16,18-20H,5,7-9H2. The van der Waals surface area contributed by atoms with E-state index in [0.29, 0.717) is 6.54 Å². The van der Waals surface area contributed by atoms with Crippen LogP contribution in [0.3, 0.4) is 0 Å². The van der Waals surface area contributed by atoms with Crippen molar-refractivity contribution in [3.63, 3.8) is 0 Å². The molecule has 0 amide bonds. The van der Waals surface area contributed by atoms with Crippen molar-refractivity contribution < 1.29 is 19.7 Å². The van der Waals surface area contributed by atoms with Gasteiger partial charge >= 0.3 is 0 Å². The van der Waals surface area contributed by atoms with E-state index in [2.05, 4.69) is 10.3 Å². The summed E-state index contributed by atoms with van der Waals surface area (Å²) in [5, 5.41) is 33.2. The van der Waals surface area contributed by atoms with Crippen LogP contribution in [0.4, 0.5) is 4.39 Å². The topological polar surface area (TPSA) is 85.6 Å². The molecule has 114 valence electrons. The molecule has 0 saturated carbocycles. The van der Waals surface area contributed by atoms with Crippen LogP contribution in [0.5, 0.6) is 0 Å². The maximum absolute atomic E-state index is 12.9. The summed E-state index contributed by atoms with van der Waals surface area (Å²) < 4.78 is 12.9. The Hall–Kier alpha value is -1.38. The molecule has 21 heavy (non-hydrogen) atoms. The van der Waals surface area contributed by atoms with Gasteiger partial charge in [0, 0.05) is 17.5 Å². The third-order valence-electron chi connectivity index (χ3n) is 3.20. The molecular weight excluding hydrogens is 295 g/mol. The van der Waals surface area contributed by atoms with Crippen molar-refractivity contribution in [3.8, 4) is 10.6 Å². The van der Waals surface area contributed by atoms with E-state index in [9.17, 15) is 19.7 Å². The fraction of sp³-hybridized carbons (Fsp3) is 0.357. The van der Waals surface area contributed by atoms with E-state index in [1.54, 1.807) is 12.1 Å². The van der Waals surface area contributed by atoms with Crippen molar-refractivity contribution in [3.05, 3.63) is 41.2 Å². The predicted octanol–water partition coefficient (Wildman–Crippen LogP) is 0.755. The molecule has 4 N–H and O–H groups in total. The zero-order valence-electron chi connectivity index (χ0n) is 11.3. The summed E-state index contributed by atoms with van der Waals surface area (Å²) in [7, 11) is 0. The van der Waals surface area contributed by atoms with Crippen molar-refractivity contribution in [1.82, 2.24) is 10.3 Å². The molecule has 2 rings (SSSR count). The molecule has 0 aliphatic carbocycles. The molecule has 0 spiro atoms. The highest BCUT2D eigenvalue weighted by Gasteiger charge is 2.27. The second kappa shape index (κ2) is 7.06. The quantitative estimate of drug-likeness (QED) is 0.606. The number of halogens is 1. The van der Waals surface area contributed by atoms with Gasteiger partial charge in [-0.3, -0.25) is 5.32 Å². The molecule has 2 aromatic rings. The van der Waals surface area contributed by atoms with Crippen LogP contribution in [-0.4, -0.2) is 45.7 Å². The number of aliphatic hydroxyl groups is 3. The molecule has 0 bridgehead atoms. The molecule has 0 saturated heterocycles. The van der Waals surface area contributed by atoms with Crippen LogP contribution in [-0.2, 0) is 6.54 Å². The van der Waals surface area contributed by atoms with Crippen LogP contribution in [0.15, 0.2) is 29.6 Å². The first-order chi connectivity index (χ1) is 10.1. The van der Waals surface area contributed by atoms with Crippen molar-refractivity contribution in [1.29, 1.82) is 0 Å². The molecule has 0 aliphatic rings. The number of aromatic nitrogens is 1. The van der Waals surface area contributed by atoms with E-state index >= 15 is 0 Å². The lowest BCUT2D eigenvalue weighted by Gasteiger charge is -2.28. The average Bonchev–Trinajstić information content (AvgIpc) is 2.99. The smallest absolute Gasteiger partial charge is 0.123 e. The lowest BCUT2D eigenvalue weighted by atomic mass is 10.0. The largest absolute Gasteiger partial charge is 0.394 e. The monoisotopic (exact) mass is 312 g/mol. The maximum atomic E-state index is 12.9. The Morgan fingerprint density at radius 1 is 1.10 bits per heavy atom. The van der Waals surface area contributed by atoms with Crippen molar-refractivity contribution >= 4 is 11.3 Å². The van der Waals surface area contributed by atoms with Gasteiger partial charge in [-0.05, 0) is 24.3 Å². The van der Waals surface area contributed by atoms with Crippen LogP contribution in [0, 0.1) is 5.82 Å². The second-order valence-electron chi connectivity index (χ2n) is 4.76. The summed E-state index contributed by atoms with van der Waals surface area (Å²) in [6, 6.07) is 6.07. The highest BCUT2D eigenvalue weighted by molar-refractivity contribution is 7.13. The summed E-state index contributed by atoms with van der Waals surface area (Å²) in [4.78, 5) is 4.40. The zero-order chi connectivity index (χ0) is 15.3. The lowest BCUT2D eigenvalue weighted by molar-refractivity contribution is 0.0412. The molecular formula is C14H17FN2O3S. The fourth-order valence-corrected chi connectivity index (χ4v) is 2.53. The molecule has 1 aromatic carbocycles. The Kier molecular flexibility index (Phi) is 5.38. The number of rotatable bonds is 7. The number of nitrogens with zero attached hydrogens (tertiary/aromatic N) is 1. The van der Waals surface area contributed by atoms with Gasteiger partial charge in [-0.1, -0.05) is 0 Å². The first-order valence-electron chi connectivity index (χ1n) is 6.40. The van der Waals surface area contributed by atoms with E-state index in [1.807, 2.05) is 5.38 Å². The molecule has 5 nitrogen and oxygen atoms in total. The highest BCUT2D eigenvalue weighted by atomic mass is 32.1. The van der Waals surface area contributed by atoms with Crippen LogP contribution in [0.25, 0.3) is 10.6 Å². The summed E-state index contributed by atoms with van der Waals surface area (Å²) in [5.74, 6) is -0.296. The highest BCUT2D eigenvalue weighted by Crippen LogP contribution is 2.24. The van der Waals surface area contributed by atoms with Crippen molar-refractivity contribution in [2.45, 2.75) is 12.1 Å². The van der Waals surface area contributed by atoms with Gasteiger partial charge in [0.1, 0.15) is 10.8 Å². The maximum Gasteiger partial charge on any atom is 0.123 e. The predicted molar refractivity (Wildman–Crippen MR) is 78.3 cm³/mol. The van der Waals surface area contributed by atoms with Gasteiger partial charge in [0.15, 0.2) is 0 Å². The summed E-state index contributed by atoms with van der Waals surface area (Å²) in [6.45, 7) is -0.835. The lowest BCUT2D eigenvalue weighted by Crippen LogP contribution is -2.54. The number of benzene rings is 1. The molecule has 7 heteroatoms. The van der Waals surface area contributed by atoms with Crippen LogP contribution in [0.2, 0.25) is 0 Å². The minimum atomic E-state index is -1.13. The third kappa shape index (κ3) is 3.84. The first-order valence-corrected chi connectivity index (χ1v) is 7.28. The Bertz CT molecular complexity index is 562. The first kappa shape index (κ1) is 16.0. The Morgan fingerprint density at radius 3 is 2.29 bits per heavy atom. The molecule has 1 aromatic heterocycles. The van der Waals surface area contributed by atoms with E-state index < -0.39 is 5.54 Å². The van der Waals surface area contributed by atoms with Crippen LogP contribution < -0.4 is 5.32 Å². The Morgan fingerprint density at radius 2 is 1.71 bits per heavy atom. The van der Waals surface area contributed by atoms with Crippen LogP contribution >= 0.6 is 11.3 Å². The minimum absolute atomic E-state index is 0.296. The molecule has 0 atom stereocenters. The summed E-state index contributed by atoms with van der Waals surface area (Å²) in [6.07, 6.45) is 0. The Labute approximate surface area is 125 Å². The molecule has 0 unspecified atom stereocenters. The third-order valence-corrected chi connectivity index (χ3v) is 4.14. The molecule has 0 aliphatic heterocycles. The van der Waals surface area contributed by atoms with Crippen molar-refractivity contribution in [2.24, 2.45) is 0 Å². The van der Waals surface area contributed by atoms with Gasteiger partial charge in [-0.25, -0.2) is 9.37 Å². The number of hydrogen-bond donors (Lipinski definition) is 4. The van der Waals surface area contributed by atoms with E-state index in [4.69, 9.17) is 0 Å². The summed E-state index contributed by atoms with van der Waals surface area (Å²) >= 11 is 1.42. The van der Waals surface area contributed by atoms with Gasteiger partial charge in [-0.2, -0.15) is 0 Å². The van der Waals surface area contributed by atoms with E-state index in [1.165, 1.54) is 23.5 Å². The average molecular weight is 312 g/mol. The number of aliphatic hydroxyl groups excluding tert-OH is 3. The Balaban J connectivity index is 2.05. The van der Waals surface area contributed by atoms with Gasteiger partial charge in [0.25, 0.3) is 0 Å². The zero-order valence-corrected chi connectivity index (χ0v) is 12.1. The van der Waals surface area contributed by atoms with Gasteiger partial charge in [0.05, 0.1) is 31.1 Å². The molecule has 1 heterocycles. The molecule has 0 radical (unpaired) electrons. The molecule has 0 fully saturated rings. The summed E-state index contributed by atoms with van der Waals surface area (Å²) in [5.41, 5.74) is 0.420. The van der Waals surface area contributed by atoms with Gasteiger partial charge in [0.2, 0.25) is 0 Å². The van der Waals surface area contributed by atoms with Gasteiger partial charge in [-0.15, -0.1) is 11.3 Å². The normalized spacial score (nSPS) is 11.8. The number of thiazole rings is 1. The fourth-order valence-electron chi connectivity index (χ4n) is 1.71. The van der Waals surface area contributed by atoms with E-state index in [-0.39, 0.29) is 25.6 Å². The SMILES string of the molecule is OCC(CO)(CO)NCc1csc(-c2ccc(F)cc2)n1.